The van der Waals surface area contributed by atoms with Gasteiger partial charge < -0.3 is 5.32 Å². The van der Waals surface area contributed by atoms with Crippen molar-refractivity contribution >= 4 is 5.52 Å². The van der Waals surface area contributed by atoms with Gasteiger partial charge in [0, 0.05) is 24.0 Å². The van der Waals surface area contributed by atoms with Crippen LogP contribution in [0, 0.1) is 5.92 Å². The van der Waals surface area contributed by atoms with Gasteiger partial charge in [-0.3, -0.25) is 4.98 Å². The van der Waals surface area contributed by atoms with Crippen molar-refractivity contribution in [2.24, 2.45) is 5.92 Å². The molecule has 0 aliphatic rings. The average Bonchev–Trinajstić information content (AvgIpc) is 2.69. The fourth-order valence-electron chi connectivity index (χ4n) is 2.02. The second-order valence-electron chi connectivity index (χ2n) is 4.29. The Hall–Kier alpha value is -1.42. The second-order valence-corrected chi connectivity index (χ2v) is 4.29. The zero-order valence-corrected chi connectivity index (χ0v) is 10.0. The van der Waals surface area contributed by atoms with E-state index in [0.717, 1.165) is 12.1 Å². The number of aromatic nitrogens is 3. The molecule has 2 rings (SSSR count). The number of hydrogen-bond acceptors (Lipinski definition) is 3. The molecular weight excluding hydrogens is 200 g/mol. The molecule has 1 unspecified atom stereocenters. The number of rotatable bonds is 4. The third-order valence-electron chi connectivity index (χ3n) is 2.78. The Labute approximate surface area is 95.7 Å². The summed E-state index contributed by atoms with van der Waals surface area (Å²) in [5.41, 5.74) is 2.31. The predicted octanol–water partition coefficient (Wildman–Crippen LogP) is 2.04. The van der Waals surface area contributed by atoms with Crippen molar-refractivity contribution < 1.29 is 0 Å². The Morgan fingerprint density at radius 2 is 2.19 bits per heavy atom. The summed E-state index contributed by atoms with van der Waals surface area (Å²) in [5.74, 6) is 0.535. The van der Waals surface area contributed by atoms with Crippen LogP contribution in [0.25, 0.3) is 5.52 Å². The summed E-state index contributed by atoms with van der Waals surface area (Å²) in [5, 5.41) is 7.84. The third-order valence-corrected chi connectivity index (χ3v) is 2.78. The summed E-state index contributed by atoms with van der Waals surface area (Å²) in [4.78, 5) is 4.16. The summed E-state index contributed by atoms with van der Waals surface area (Å²) in [6, 6.07) is 0.340. The standard InChI is InChI=1S/C12H18N4/c1-4-14-12(9(2)3)10-7-15-16-6-5-13-8-11(10)16/h5-9,12,14H,4H2,1-3H3. The molecule has 0 aliphatic carbocycles. The van der Waals surface area contributed by atoms with Gasteiger partial charge in [-0.1, -0.05) is 20.8 Å². The Morgan fingerprint density at radius 3 is 2.88 bits per heavy atom. The molecule has 1 atom stereocenters. The maximum absolute atomic E-state index is 4.34. The summed E-state index contributed by atoms with van der Waals surface area (Å²) < 4.78 is 1.87. The molecule has 2 heterocycles. The summed E-state index contributed by atoms with van der Waals surface area (Å²) in [6.07, 6.45) is 7.43. The molecule has 0 spiro atoms. The van der Waals surface area contributed by atoms with Crippen molar-refractivity contribution in [2.45, 2.75) is 26.8 Å². The minimum absolute atomic E-state index is 0.340. The quantitative estimate of drug-likeness (QED) is 0.854. The molecule has 1 N–H and O–H groups in total. The first-order valence-corrected chi connectivity index (χ1v) is 5.74. The Morgan fingerprint density at radius 1 is 1.38 bits per heavy atom. The van der Waals surface area contributed by atoms with E-state index >= 15 is 0 Å². The minimum Gasteiger partial charge on any atom is -0.310 e. The molecule has 2 aromatic rings. The van der Waals surface area contributed by atoms with Crippen molar-refractivity contribution in [2.75, 3.05) is 6.54 Å². The van der Waals surface area contributed by atoms with Crippen LogP contribution >= 0.6 is 0 Å². The van der Waals surface area contributed by atoms with Gasteiger partial charge in [0.2, 0.25) is 0 Å². The van der Waals surface area contributed by atoms with Crippen molar-refractivity contribution in [3.05, 3.63) is 30.4 Å². The number of nitrogens with zero attached hydrogens (tertiary/aromatic N) is 3. The zero-order chi connectivity index (χ0) is 11.5. The van der Waals surface area contributed by atoms with Gasteiger partial charge in [-0.15, -0.1) is 0 Å². The Kier molecular flexibility index (Phi) is 3.19. The van der Waals surface area contributed by atoms with Crippen LogP contribution in [0.5, 0.6) is 0 Å². The molecule has 0 fully saturated rings. The average molecular weight is 218 g/mol. The van der Waals surface area contributed by atoms with Gasteiger partial charge in [0.15, 0.2) is 0 Å². The van der Waals surface area contributed by atoms with Gasteiger partial charge >= 0.3 is 0 Å². The first-order valence-electron chi connectivity index (χ1n) is 5.74. The molecule has 0 saturated heterocycles. The van der Waals surface area contributed by atoms with Crippen LogP contribution in [0.1, 0.15) is 32.4 Å². The maximum Gasteiger partial charge on any atom is 0.0892 e. The van der Waals surface area contributed by atoms with E-state index in [0.29, 0.717) is 12.0 Å². The maximum atomic E-state index is 4.34. The molecule has 16 heavy (non-hydrogen) atoms. The molecule has 0 amide bonds. The second kappa shape index (κ2) is 4.61. The van der Waals surface area contributed by atoms with E-state index in [-0.39, 0.29) is 0 Å². The van der Waals surface area contributed by atoms with Crippen LogP contribution in [0.4, 0.5) is 0 Å². The first kappa shape index (κ1) is 11.1. The van der Waals surface area contributed by atoms with E-state index < -0.39 is 0 Å². The molecule has 4 heteroatoms. The summed E-state index contributed by atoms with van der Waals surface area (Å²) in [7, 11) is 0. The smallest absolute Gasteiger partial charge is 0.0892 e. The highest BCUT2D eigenvalue weighted by Crippen LogP contribution is 2.24. The minimum atomic E-state index is 0.340. The van der Waals surface area contributed by atoms with Crippen molar-refractivity contribution in [3.8, 4) is 0 Å². The number of nitrogens with one attached hydrogen (secondary N) is 1. The molecule has 0 aliphatic heterocycles. The molecular formula is C12H18N4. The molecule has 0 radical (unpaired) electrons. The lowest BCUT2D eigenvalue weighted by molar-refractivity contribution is 0.424. The van der Waals surface area contributed by atoms with Crippen molar-refractivity contribution in [1.82, 2.24) is 19.9 Å². The first-order chi connectivity index (χ1) is 7.74. The van der Waals surface area contributed by atoms with Crippen LogP contribution in [-0.2, 0) is 0 Å². The lowest BCUT2D eigenvalue weighted by Crippen LogP contribution is -2.25. The topological polar surface area (TPSA) is 42.2 Å². The van der Waals surface area contributed by atoms with Crippen LogP contribution in [0.15, 0.2) is 24.8 Å². The Balaban J connectivity index is 2.44. The van der Waals surface area contributed by atoms with Gasteiger partial charge in [-0.05, 0) is 12.5 Å². The highest BCUT2D eigenvalue weighted by molar-refractivity contribution is 5.53. The highest BCUT2D eigenvalue weighted by atomic mass is 15.2. The molecule has 2 aromatic heterocycles. The number of fused-ring (bicyclic) bond motifs is 1. The van der Waals surface area contributed by atoms with Crippen molar-refractivity contribution in [1.29, 1.82) is 0 Å². The van der Waals surface area contributed by atoms with Crippen LogP contribution in [-0.4, -0.2) is 21.1 Å². The van der Waals surface area contributed by atoms with Crippen molar-refractivity contribution in [3.63, 3.8) is 0 Å². The van der Waals surface area contributed by atoms with E-state index in [1.54, 1.807) is 6.20 Å². The van der Waals surface area contributed by atoms with Crippen LogP contribution < -0.4 is 5.32 Å². The molecule has 86 valence electrons. The summed E-state index contributed by atoms with van der Waals surface area (Å²) >= 11 is 0. The van der Waals surface area contributed by atoms with Gasteiger partial charge in [0.25, 0.3) is 0 Å². The molecule has 0 saturated carbocycles. The largest absolute Gasteiger partial charge is 0.310 e. The van der Waals surface area contributed by atoms with E-state index in [9.17, 15) is 0 Å². The Bertz CT molecular complexity index is 461. The van der Waals surface area contributed by atoms with E-state index in [2.05, 4.69) is 36.2 Å². The lowest BCUT2D eigenvalue weighted by Gasteiger charge is -2.20. The van der Waals surface area contributed by atoms with Crippen LogP contribution in [0.3, 0.4) is 0 Å². The number of hydrogen-bond donors (Lipinski definition) is 1. The summed E-state index contributed by atoms with van der Waals surface area (Å²) in [6.45, 7) is 7.51. The highest BCUT2D eigenvalue weighted by Gasteiger charge is 2.18. The van der Waals surface area contributed by atoms with Gasteiger partial charge in [-0.25, -0.2) is 4.52 Å². The normalized spacial score (nSPS) is 13.5. The SMILES string of the molecule is CCNC(c1cnn2ccncc12)C(C)C. The third kappa shape index (κ3) is 1.93. The van der Waals surface area contributed by atoms with Gasteiger partial charge in [0.1, 0.15) is 0 Å². The van der Waals surface area contributed by atoms with E-state index in [1.165, 1.54) is 5.56 Å². The molecule has 0 bridgehead atoms. The molecule has 4 nitrogen and oxygen atoms in total. The van der Waals surface area contributed by atoms with E-state index in [1.807, 2.05) is 23.1 Å². The predicted molar refractivity (Wildman–Crippen MR) is 64.2 cm³/mol. The fourth-order valence-corrected chi connectivity index (χ4v) is 2.02. The zero-order valence-electron chi connectivity index (χ0n) is 10.0. The monoisotopic (exact) mass is 218 g/mol. The molecule has 0 aromatic carbocycles. The van der Waals surface area contributed by atoms with Gasteiger partial charge in [0.05, 0.1) is 17.9 Å². The fraction of sp³-hybridized carbons (Fsp3) is 0.500. The van der Waals surface area contributed by atoms with E-state index in [4.69, 9.17) is 0 Å². The lowest BCUT2D eigenvalue weighted by atomic mass is 9.97. The van der Waals surface area contributed by atoms with Crippen LogP contribution in [0.2, 0.25) is 0 Å². The van der Waals surface area contributed by atoms with Gasteiger partial charge in [-0.2, -0.15) is 5.10 Å².